The highest BCUT2D eigenvalue weighted by Crippen LogP contribution is 2.40. The molecule has 0 aromatic heterocycles. The molecule has 35 heavy (non-hydrogen) atoms. The fourth-order valence-electron chi connectivity index (χ4n) is 3.92. The highest BCUT2D eigenvalue weighted by molar-refractivity contribution is 6.37. The van der Waals surface area contributed by atoms with Crippen LogP contribution in [0.2, 0.25) is 10.0 Å². The lowest BCUT2D eigenvalue weighted by Gasteiger charge is -2.29. The van der Waals surface area contributed by atoms with E-state index >= 15 is 0 Å². The third-order valence-corrected chi connectivity index (χ3v) is 6.20. The lowest BCUT2D eigenvalue weighted by atomic mass is 9.98. The minimum absolute atomic E-state index is 0.187. The van der Waals surface area contributed by atoms with Crippen molar-refractivity contribution >= 4 is 41.1 Å². The molecule has 0 unspecified atom stereocenters. The zero-order chi connectivity index (χ0) is 24.5. The Morgan fingerprint density at radius 2 is 1.83 bits per heavy atom. The van der Waals surface area contributed by atoms with Crippen LogP contribution in [0.3, 0.4) is 0 Å². The molecule has 1 amide bonds. The van der Waals surface area contributed by atoms with Crippen molar-refractivity contribution in [1.82, 2.24) is 10.3 Å². The van der Waals surface area contributed by atoms with Gasteiger partial charge in [0.1, 0.15) is 12.1 Å². The van der Waals surface area contributed by atoms with Crippen LogP contribution in [-0.2, 0) is 13.0 Å². The predicted molar refractivity (Wildman–Crippen MR) is 131 cm³/mol. The second kappa shape index (κ2) is 9.56. The Labute approximate surface area is 210 Å². The second-order valence-corrected chi connectivity index (χ2v) is 8.78. The number of hydrogen-bond acceptors (Lipinski definition) is 5. The van der Waals surface area contributed by atoms with Crippen molar-refractivity contribution in [1.29, 1.82) is 0 Å². The maximum Gasteiger partial charge on any atom is 0.254 e. The first-order valence-corrected chi connectivity index (χ1v) is 11.4. The Morgan fingerprint density at radius 3 is 2.54 bits per heavy atom. The van der Waals surface area contributed by atoms with Gasteiger partial charge in [-0.3, -0.25) is 10.2 Å². The van der Waals surface area contributed by atoms with Gasteiger partial charge in [0, 0.05) is 31.1 Å². The fraction of sp³-hybridized carbons (Fsp3) is 0.120. The molecule has 2 aliphatic heterocycles. The summed E-state index contributed by atoms with van der Waals surface area (Å²) in [6.45, 7) is 0.626. The lowest BCUT2D eigenvalue weighted by Crippen LogP contribution is -2.37. The zero-order valence-corrected chi connectivity index (χ0v) is 19.7. The number of carbonyl (C=O) groups excluding carboxylic acids is 1. The van der Waals surface area contributed by atoms with Crippen molar-refractivity contribution in [2.75, 3.05) is 11.6 Å². The van der Waals surface area contributed by atoms with Gasteiger partial charge in [-0.15, -0.1) is 0 Å². The van der Waals surface area contributed by atoms with Gasteiger partial charge in [-0.25, -0.2) is 18.8 Å². The van der Waals surface area contributed by atoms with E-state index in [9.17, 15) is 13.6 Å². The van der Waals surface area contributed by atoms with Crippen LogP contribution >= 0.6 is 23.2 Å². The Hall–Kier alpha value is -3.62. The molecule has 0 spiro atoms. The van der Waals surface area contributed by atoms with Gasteiger partial charge in [-0.1, -0.05) is 29.3 Å². The lowest BCUT2D eigenvalue weighted by molar-refractivity contribution is 0.0726. The van der Waals surface area contributed by atoms with E-state index in [1.165, 1.54) is 6.07 Å². The summed E-state index contributed by atoms with van der Waals surface area (Å²) in [6, 6.07) is 12.2. The molecule has 0 bridgehead atoms. The molecular weight excluding hydrogens is 497 g/mol. The molecule has 178 valence electrons. The number of hydrazine groups is 1. The Balaban J connectivity index is 1.32. The number of halogens is 4. The first-order valence-electron chi connectivity index (χ1n) is 10.7. The molecular formula is C25H18Cl2F2N4O2. The quantitative estimate of drug-likeness (QED) is 0.447. The van der Waals surface area contributed by atoms with Crippen LogP contribution < -0.4 is 15.2 Å². The molecule has 1 N–H and O–H groups in total. The third kappa shape index (κ3) is 4.80. The number of rotatable bonds is 5. The van der Waals surface area contributed by atoms with Crippen LogP contribution in [0.25, 0.3) is 0 Å². The van der Waals surface area contributed by atoms with Gasteiger partial charge in [-0.05, 0) is 60.0 Å². The Bertz CT molecular complexity index is 1360. The number of anilines is 1. The number of amides is 1. The van der Waals surface area contributed by atoms with Gasteiger partial charge < -0.3 is 9.64 Å². The van der Waals surface area contributed by atoms with Crippen LogP contribution in [0.15, 0.2) is 65.9 Å². The molecule has 0 atom stereocenters. The average Bonchev–Trinajstić information content (AvgIpc) is 2.86. The van der Waals surface area contributed by atoms with Crippen LogP contribution in [0.5, 0.6) is 11.5 Å². The van der Waals surface area contributed by atoms with E-state index in [0.29, 0.717) is 51.3 Å². The minimum atomic E-state index is -0.934. The number of carbonyl (C=O) groups is 1. The van der Waals surface area contributed by atoms with Crippen molar-refractivity contribution in [3.8, 4) is 11.5 Å². The molecule has 0 saturated heterocycles. The summed E-state index contributed by atoms with van der Waals surface area (Å²) in [5.41, 5.74) is 5.55. The molecule has 0 saturated carbocycles. The maximum absolute atomic E-state index is 13.5. The summed E-state index contributed by atoms with van der Waals surface area (Å²) in [5, 5.41) is 2.27. The summed E-state index contributed by atoms with van der Waals surface area (Å²) in [4.78, 5) is 18.6. The van der Waals surface area contributed by atoms with Gasteiger partial charge in [0.15, 0.2) is 17.4 Å². The summed E-state index contributed by atoms with van der Waals surface area (Å²) < 4.78 is 32.7. The molecule has 3 aromatic rings. The fourth-order valence-corrected chi connectivity index (χ4v) is 4.48. The standard InChI is InChI=1S/C25H18Cl2F2N4O2/c26-20-11-17(33-14-30-6-7-31-33)12-21(27)24(20)35-18-2-3-19-16(10-18)5-8-32(25(19)34)13-15-1-4-22(28)23(29)9-15/h1-4,6-7,9-12,14,31H,5,8,13H2. The number of fused-ring (bicyclic) bond motifs is 1. The molecule has 6 nitrogen and oxygen atoms in total. The number of ether oxygens (including phenoxy) is 1. The van der Waals surface area contributed by atoms with E-state index in [0.717, 1.165) is 17.7 Å². The van der Waals surface area contributed by atoms with Crippen molar-refractivity contribution < 1.29 is 18.3 Å². The summed E-state index contributed by atoms with van der Waals surface area (Å²) in [7, 11) is 0. The molecule has 0 radical (unpaired) electrons. The van der Waals surface area contributed by atoms with Crippen molar-refractivity contribution in [3.05, 3.63) is 99.3 Å². The highest BCUT2D eigenvalue weighted by atomic mass is 35.5. The van der Waals surface area contributed by atoms with Gasteiger partial charge in [0.25, 0.3) is 5.91 Å². The van der Waals surface area contributed by atoms with E-state index in [1.807, 2.05) is 0 Å². The summed E-state index contributed by atoms with van der Waals surface area (Å²) >= 11 is 12.9. The SMILES string of the molecule is O=C1c2ccc(Oc3c(Cl)cc(N4C=NC=CN4)cc3Cl)cc2CCN1Cc1ccc(F)c(F)c1. The summed E-state index contributed by atoms with van der Waals surface area (Å²) in [5.74, 6) is -1.25. The Morgan fingerprint density at radius 1 is 1.03 bits per heavy atom. The molecule has 2 aliphatic rings. The molecule has 3 aromatic carbocycles. The molecule has 10 heteroatoms. The third-order valence-electron chi connectivity index (χ3n) is 5.64. The van der Waals surface area contributed by atoms with Gasteiger partial charge in [0.2, 0.25) is 0 Å². The van der Waals surface area contributed by atoms with Crippen molar-refractivity contribution in [3.63, 3.8) is 0 Å². The minimum Gasteiger partial charge on any atom is -0.454 e. The maximum atomic E-state index is 13.5. The first-order chi connectivity index (χ1) is 16.9. The number of hydrogen-bond donors (Lipinski definition) is 1. The molecule has 0 fully saturated rings. The van der Waals surface area contributed by atoms with Gasteiger partial charge >= 0.3 is 0 Å². The average molecular weight is 515 g/mol. The molecule has 0 aliphatic carbocycles. The van der Waals surface area contributed by atoms with E-state index < -0.39 is 11.6 Å². The van der Waals surface area contributed by atoms with Crippen molar-refractivity contribution in [2.24, 2.45) is 4.99 Å². The highest BCUT2D eigenvalue weighted by Gasteiger charge is 2.25. The molecule has 2 heterocycles. The van der Waals surface area contributed by atoms with E-state index in [2.05, 4.69) is 10.4 Å². The zero-order valence-electron chi connectivity index (χ0n) is 18.1. The Kier molecular flexibility index (Phi) is 6.32. The smallest absolute Gasteiger partial charge is 0.254 e. The first kappa shape index (κ1) is 23.1. The van der Waals surface area contributed by atoms with Crippen LogP contribution in [0.4, 0.5) is 14.5 Å². The topological polar surface area (TPSA) is 57.2 Å². The number of nitrogens with one attached hydrogen (secondary N) is 1. The van der Waals surface area contributed by atoms with E-state index in [4.69, 9.17) is 27.9 Å². The summed E-state index contributed by atoms with van der Waals surface area (Å²) in [6.07, 6.45) is 5.44. The predicted octanol–water partition coefficient (Wildman–Crippen LogP) is 6.09. The number of nitrogens with zero attached hydrogens (tertiary/aromatic N) is 3. The van der Waals surface area contributed by atoms with Crippen LogP contribution in [0, 0.1) is 11.6 Å². The van der Waals surface area contributed by atoms with E-state index in [-0.39, 0.29) is 12.5 Å². The van der Waals surface area contributed by atoms with E-state index in [1.54, 1.807) is 59.0 Å². The van der Waals surface area contributed by atoms with Gasteiger partial charge in [0.05, 0.1) is 15.7 Å². The van der Waals surface area contributed by atoms with Crippen LogP contribution in [-0.4, -0.2) is 23.7 Å². The monoisotopic (exact) mass is 514 g/mol. The van der Waals surface area contributed by atoms with Crippen LogP contribution in [0.1, 0.15) is 21.5 Å². The second-order valence-electron chi connectivity index (χ2n) is 7.96. The van der Waals surface area contributed by atoms with Crippen molar-refractivity contribution in [2.45, 2.75) is 13.0 Å². The number of benzene rings is 3. The normalized spacial score (nSPS) is 14.7. The number of aliphatic imine (C=N–C) groups is 1. The van der Waals surface area contributed by atoms with Gasteiger partial charge in [-0.2, -0.15) is 0 Å². The largest absolute Gasteiger partial charge is 0.454 e. The molecule has 5 rings (SSSR count).